The molecular formula is C12H15N3O3. The molecule has 6 heteroatoms. The summed E-state index contributed by atoms with van der Waals surface area (Å²) in [4.78, 5) is 24.3. The number of para-hydroxylation sites is 2. The average molecular weight is 249 g/mol. The number of ether oxygens (including phenoxy) is 1. The molecule has 1 saturated heterocycles. The summed E-state index contributed by atoms with van der Waals surface area (Å²) in [6, 6.07) is 6.98. The Morgan fingerprint density at radius 1 is 1.50 bits per heavy atom. The lowest BCUT2D eigenvalue weighted by atomic mass is 10.3. The number of hydrogen-bond acceptors (Lipinski definition) is 4. The number of benzene rings is 1. The van der Waals surface area contributed by atoms with Gasteiger partial charge in [-0.05, 0) is 12.1 Å². The van der Waals surface area contributed by atoms with E-state index >= 15 is 0 Å². The van der Waals surface area contributed by atoms with Gasteiger partial charge in [-0.3, -0.25) is 9.69 Å². The summed E-state index contributed by atoms with van der Waals surface area (Å²) in [5.74, 6) is 0.409. The summed E-state index contributed by atoms with van der Waals surface area (Å²) in [6.45, 7) is 0.998. The van der Waals surface area contributed by atoms with E-state index in [1.807, 2.05) is 18.2 Å². The van der Waals surface area contributed by atoms with Gasteiger partial charge in [-0.2, -0.15) is 0 Å². The van der Waals surface area contributed by atoms with Gasteiger partial charge in [-0.25, -0.2) is 4.79 Å². The Morgan fingerprint density at radius 3 is 2.94 bits per heavy atom. The zero-order valence-electron chi connectivity index (χ0n) is 10.1. The standard InChI is InChI=1S/C12H15N3O3/c1-18-10-5-3-2-4-9(10)14-8-11(16)15-7-6-13-12(15)17/h2-5,14H,6-8H2,1H3,(H,13,17). The molecule has 0 radical (unpaired) electrons. The second kappa shape index (κ2) is 5.39. The molecule has 96 valence electrons. The number of urea groups is 1. The number of methoxy groups -OCH3 is 1. The Bertz CT molecular complexity index is 462. The van der Waals surface area contributed by atoms with Gasteiger partial charge in [0.15, 0.2) is 0 Å². The van der Waals surface area contributed by atoms with Crippen molar-refractivity contribution in [3.63, 3.8) is 0 Å². The van der Waals surface area contributed by atoms with Gasteiger partial charge in [0, 0.05) is 13.1 Å². The first-order valence-corrected chi connectivity index (χ1v) is 5.67. The second-order valence-electron chi connectivity index (χ2n) is 3.83. The van der Waals surface area contributed by atoms with Gasteiger partial charge in [0.2, 0.25) is 5.91 Å². The van der Waals surface area contributed by atoms with Gasteiger partial charge < -0.3 is 15.4 Å². The third-order valence-corrected chi connectivity index (χ3v) is 2.69. The summed E-state index contributed by atoms with van der Waals surface area (Å²) in [7, 11) is 1.57. The van der Waals surface area contributed by atoms with Gasteiger partial charge in [-0.1, -0.05) is 12.1 Å². The number of hydrogen-bond donors (Lipinski definition) is 2. The van der Waals surface area contributed by atoms with Gasteiger partial charge in [0.1, 0.15) is 5.75 Å². The van der Waals surface area contributed by atoms with E-state index in [0.29, 0.717) is 18.8 Å². The van der Waals surface area contributed by atoms with Crippen LogP contribution in [-0.2, 0) is 4.79 Å². The summed E-state index contributed by atoms with van der Waals surface area (Å²) < 4.78 is 5.16. The number of nitrogens with zero attached hydrogens (tertiary/aromatic N) is 1. The maximum atomic E-state index is 11.8. The highest BCUT2D eigenvalue weighted by Gasteiger charge is 2.25. The van der Waals surface area contributed by atoms with Crippen LogP contribution in [0.4, 0.5) is 10.5 Å². The Morgan fingerprint density at radius 2 is 2.28 bits per heavy atom. The molecule has 1 aromatic carbocycles. The first-order chi connectivity index (χ1) is 8.72. The van der Waals surface area contributed by atoms with E-state index in [1.165, 1.54) is 4.90 Å². The quantitative estimate of drug-likeness (QED) is 0.822. The first kappa shape index (κ1) is 12.2. The molecule has 1 aliphatic heterocycles. The highest BCUT2D eigenvalue weighted by atomic mass is 16.5. The van der Waals surface area contributed by atoms with Crippen molar-refractivity contribution in [3.8, 4) is 5.75 Å². The van der Waals surface area contributed by atoms with Crippen molar-refractivity contribution >= 4 is 17.6 Å². The maximum absolute atomic E-state index is 11.8. The number of nitrogens with one attached hydrogen (secondary N) is 2. The largest absolute Gasteiger partial charge is 0.495 e. The molecule has 0 unspecified atom stereocenters. The van der Waals surface area contributed by atoms with Crippen molar-refractivity contribution in [2.45, 2.75) is 0 Å². The summed E-state index contributed by atoms with van der Waals surface area (Å²) in [5, 5.41) is 5.55. The van der Waals surface area contributed by atoms with Crippen molar-refractivity contribution in [3.05, 3.63) is 24.3 Å². The van der Waals surface area contributed by atoms with Gasteiger partial charge in [0.25, 0.3) is 0 Å². The average Bonchev–Trinajstić information content (AvgIpc) is 2.82. The van der Waals surface area contributed by atoms with E-state index in [9.17, 15) is 9.59 Å². The second-order valence-corrected chi connectivity index (χ2v) is 3.83. The van der Waals surface area contributed by atoms with Crippen LogP contribution >= 0.6 is 0 Å². The zero-order valence-corrected chi connectivity index (χ0v) is 10.1. The number of anilines is 1. The SMILES string of the molecule is COc1ccccc1NCC(=O)N1CCNC1=O. The number of rotatable bonds is 4. The molecule has 2 N–H and O–H groups in total. The van der Waals surface area contributed by atoms with Crippen molar-refractivity contribution in [2.75, 3.05) is 32.1 Å². The fourth-order valence-electron chi connectivity index (χ4n) is 1.77. The van der Waals surface area contributed by atoms with Crippen LogP contribution in [0.2, 0.25) is 0 Å². The van der Waals surface area contributed by atoms with Crippen LogP contribution in [-0.4, -0.2) is 43.6 Å². The molecule has 1 aliphatic rings. The van der Waals surface area contributed by atoms with Crippen LogP contribution in [0.15, 0.2) is 24.3 Å². The van der Waals surface area contributed by atoms with Gasteiger partial charge >= 0.3 is 6.03 Å². The predicted molar refractivity (Wildman–Crippen MR) is 66.6 cm³/mol. The third kappa shape index (κ3) is 2.53. The topological polar surface area (TPSA) is 70.7 Å². The van der Waals surface area contributed by atoms with Gasteiger partial charge in [0.05, 0.1) is 19.3 Å². The minimum absolute atomic E-state index is 0.0633. The first-order valence-electron chi connectivity index (χ1n) is 5.67. The normalized spacial score (nSPS) is 14.3. The Kier molecular flexibility index (Phi) is 3.66. The van der Waals surface area contributed by atoms with E-state index in [4.69, 9.17) is 4.74 Å². The Labute approximate surface area is 105 Å². The highest BCUT2D eigenvalue weighted by Crippen LogP contribution is 2.22. The molecule has 3 amide bonds. The van der Waals surface area contributed by atoms with E-state index in [1.54, 1.807) is 13.2 Å². The zero-order chi connectivity index (χ0) is 13.0. The lowest BCUT2D eigenvalue weighted by molar-refractivity contribution is -0.125. The molecule has 2 rings (SSSR count). The predicted octanol–water partition coefficient (Wildman–Crippen LogP) is 0.659. The van der Waals surface area contributed by atoms with E-state index in [2.05, 4.69) is 10.6 Å². The molecule has 0 atom stereocenters. The molecule has 6 nitrogen and oxygen atoms in total. The molecule has 1 heterocycles. The van der Waals surface area contributed by atoms with Crippen molar-refractivity contribution in [1.82, 2.24) is 10.2 Å². The smallest absolute Gasteiger partial charge is 0.324 e. The molecule has 0 bridgehead atoms. The van der Waals surface area contributed by atoms with Crippen LogP contribution in [0, 0.1) is 0 Å². The Hall–Kier alpha value is -2.24. The number of carbonyl (C=O) groups excluding carboxylic acids is 2. The number of carbonyl (C=O) groups is 2. The maximum Gasteiger partial charge on any atom is 0.324 e. The van der Waals surface area contributed by atoms with E-state index < -0.39 is 0 Å². The molecule has 1 aromatic rings. The van der Waals surface area contributed by atoms with Crippen molar-refractivity contribution < 1.29 is 14.3 Å². The molecule has 1 fully saturated rings. The molecule has 0 saturated carbocycles. The fourth-order valence-corrected chi connectivity index (χ4v) is 1.77. The minimum atomic E-state index is -0.332. The van der Waals surface area contributed by atoms with Crippen LogP contribution in [0.25, 0.3) is 0 Å². The lowest BCUT2D eigenvalue weighted by Gasteiger charge is -2.14. The van der Waals surface area contributed by atoms with Crippen molar-refractivity contribution in [1.29, 1.82) is 0 Å². The molecule has 0 spiro atoms. The highest BCUT2D eigenvalue weighted by molar-refractivity contribution is 5.97. The minimum Gasteiger partial charge on any atom is -0.495 e. The van der Waals surface area contributed by atoms with E-state index in [0.717, 1.165) is 5.69 Å². The summed E-state index contributed by atoms with van der Waals surface area (Å²) in [6.07, 6.45) is 0. The lowest BCUT2D eigenvalue weighted by Crippen LogP contribution is -2.38. The van der Waals surface area contributed by atoms with E-state index in [-0.39, 0.29) is 18.5 Å². The molecular weight excluding hydrogens is 234 g/mol. The summed E-state index contributed by atoms with van der Waals surface area (Å²) in [5.41, 5.74) is 0.730. The fraction of sp³-hybridized carbons (Fsp3) is 0.333. The monoisotopic (exact) mass is 249 g/mol. The number of imide groups is 1. The number of amides is 3. The molecule has 18 heavy (non-hydrogen) atoms. The van der Waals surface area contributed by atoms with Crippen LogP contribution < -0.4 is 15.4 Å². The van der Waals surface area contributed by atoms with Crippen molar-refractivity contribution in [2.24, 2.45) is 0 Å². The van der Waals surface area contributed by atoms with Gasteiger partial charge in [-0.15, -0.1) is 0 Å². The molecule has 0 aromatic heterocycles. The molecule has 0 aliphatic carbocycles. The van der Waals surface area contributed by atoms with Crippen LogP contribution in [0.1, 0.15) is 0 Å². The third-order valence-electron chi connectivity index (χ3n) is 2.69. The summed E-state index contributed by atoms with van der Waals surface area (Å²) >= 11 is 0. The Balaban J connectivity index is 1.95. The van der Waals surface area contributed by atoms with Crippen LogP contribution in [0.3, 0.4) is 0 Å². The van der Waals surface area contributed by atoms with Crippen LogP contribution in [0.5, 0.6) is 5.75 Å².